The summed E-state index contributed by atoms with van der Waals surface area (Å²) in [6.45, 7) is 3.88. The van der Waals surface area contributed by atoms with Gasteiger partial charge < -0.3 is 14.5 Å². The standard InChI is InChI=1S/C24H21N3O3/c1-16-13-17(2)27-12-11-21(23(27)25-16)24(29)26-19-8-6-7-18(14-19)15-22(28)30-20-9-4-3-5-10-20/h3-14H,15H2,1-2H3,(H,26,29). The number of hydrogen-bond acceptors (Lipinski definition) is 4. The third-order valence-electron chi connectivity index (χ3n) is 4.69. The predicted molar refractivity (Wildman–Crippen MR) is 115 cm³/mol. The molecule has 0 bridgehead atoms. The molecular weight excluding hydrogens is 378 g/mol. The number of fused-ring (bicyclic) bond motifs is 1. The number of aryl methyl sites for hydroxylation is 2. The van der Waals surface area contributed by atoms with Crippen LogP contribution in [0.5, 0.6) is 5.75 Å². The van der Waals surface area contributed by atoms with Gasteiger partial charge in [0.2, 0.25) is 0 Å². The van der Waals surface area contributed by atoms with Crippen LogP contribution in [0, 0.1) is 13.8 Å². The average molecular weight is 399 g/mol. The Morgan fingerprint density at radius 1 is 1.00 bits per heavy atom. The van der Waals surface area contributed by atoms with Gasteiger partial charge in [-0.2, -0.15) is 0 Å². The smallest absolute Gasteiger partial charge is 0.315 e. The Morgan fingerprint density at radius 3 is 2.60 bits per heavy atom. The molecule has 0 fully saturated rings. The maximum absolute atomic E-state index is 12.8. The monoisotopic (exact) mass is 399 g/mol. The molecule has 0 atom stereocenters. The number of para-hydroxylation sites is 1. The minimum atomic E-state index is -0.363. The highest BCUT2D eigenvalue weighted by Gasteiger charge is 2.15. The van der Waals surface area contributed by atoms with Crippen molar-refractivity contribution < 1.29 is 14.3 Å². The lowest BCUT2D eigenvalue weighted by Gasteiger charge is -2.08. The van der Waals surface area contributed by atoms with Crippen molar-refractivity contribution in [2.24, 2.45) is 0 Å². The van der Waals surface area contributed by atoms with E-state index in [9.17, 15) is 9.59 Å². The van der Waals surface area contributed by atoms with Gasteiger partial charge in [-0.3, -0.25) is 9.59 Å². The minimum absolute atomic E-state index is 0.105. The number of carbonyl (C=O) groups excluding carboxylic acids is 2. The van der Waals surface area contributed by atoms with Gasteiger partial charge in [0.05, 0.1) is 12.0 Å². The molecule has 30 heavy (non-hydrogen) atoms. The van der Waals surface area contributed by atoms with Crippen molar-refractivity contribution in [2.75, 3.05) is 5.32 Å². The Kier molecular flexibility index (Phi) is 5.30. The summed E-state index contributed by atoms with van der Waals surface area (Å²) in [6.07, 6.45) is 1.94. The Bertz CT molecular complexity index is 1230. The molecule has 4 rings (SSSR count). The lowest BCUT2D eigenvalue weighted by molar-refractivity contribution is -0.133. The fraction of sp³-hybridized carbons (Fsp3) is 0.125. The predicted octanol–water partition coefficient (Wildman–Crippen LogP) is 4.35. The number of esters is 1. The first-order chi connectivity index (χ1) is 14.5. The lowest BCUT2D eigenvalue weighted by Crippen LogP contribution is -2.14. The first-order valence-corrected chi connectivity index (χ1v) is 9.61. The van der Waals surface area contributed by atoms with Gasteiger partial charge in [0.15, 0.2) is 0 Å². The van der Waals surface area contributed by atoms with Crippen LogP contribution in [0.25, 0.3) is 5.65 Å². The van der Waals surface area contributed by atoms with Gasteiger partial charge in [-0.05, 0) is 55.8 Å². The molecule has 0 saturated carbocycles. The normalized spacial score (nSPS) is 10.7. The van der Waals surface area contributed by atoms with E-state index in [-0.39, 0.29) is 18.3 Å². The molecule has 0 aliphatic rings. The number of nitrogens with zero attached hydrogens (tertiary/aromatic N) is 2. The van der Waals surface area contributed by atoms with Gasteiger partial charge in [-0.1, -0.05) is 30.3 Å². The average Bonchev–Trinajstić information content (AvgIpc) is 3.13. The molecule has 0 unspecified atom stereocenters. The molecule has 4 aromatic rings. The second-order valence-corrected chi connectivity index (χ2v) is 7.08. The summed E-state index contributed by atoms with van der Waals surface area (Å²) in [4.78, 5) is 29.5. The second kappa shape index (κ2) is 8.21. The number of anilines is 1. The van der Waals surface area contributed by atoms with Crippen molar-refractivity contribution in [1.82, 2.24) is 9.38 Å². The van der Waals surface area contributed by atoms with Crippen LogP contribution >= 0.6 is 0 Å². The minimum Gasteiger partial charge on any atom is -0.426 e. The summed E-state index contributed by atoms with van der Waals surface area (Å²) < 4.78 is 7.22. The van der Waals surface area contributed by atoms with Crippen molar-refractivity contribution in [3.8, 4) is 5.75 Å². The van der Waals surface area contributed by atoms with Crippen LogP contribution in [0.1, 0.15) is 27.3 Å². The molecule has 0 radical (unpaired) electrons. The number of hydrogen-bond donors (Lipinski definition) is 1. The fourth-order valence-electron chi connectivity index (χ4n) is 3.35. The highest BCUT2D eigenvalue weighted by molar-refractivity contribution is 6.08. The van der Waals surface area contributed by atoms with Crippen LogP contribution in [-0.2, 0) is 11.2 Å². The summed E-state index contributed by atoms with van der Waals surface area (Å²) in [5.74, 6) is -0.108. The molecule has 0 saturated heterocycles. The quantitative estimate of drug-likeness (QED) is 0.400. The topological polar surface area (TPSA) is 72.7 Å². The van der Waals surface area contributed by atoms with E-state index in [4.69, 9.17) is 4.74 Å². The Balaban J connectivity index is 1.48. The van der Waals surface area contributed by atoms with Crippen LogP contribution in [-0.4, -0.2) is 21.3 Å². The van der Waals surface area contributed by atoms with Gasteiger partial charge in [0.25, 0.3) is 5.91 Å². The van der Waals surface area contributed by atoms with Crippen LogP contribution < -0.4 is 10.1 Å². The number of carbonyl (C=O) groups is 2. The van der Waals surface area contributed by atoms with E-state index in [1.54, 1.807) is 36.4 Å². The van der Waals surface area contributed by atoms with Crippen LogP contribution in [0.2, 0.25) is 0 Å². The van der Waals surface area contributed by atoms with Gasteiger partial charge in [-0.25, -0.2) is 4.98 Å². The third-order valence-corrected chi connectivity index (χ3v) is 4.69. The maximum atomic E-state index is 12.8. The molecule has 1 N–H and O–H groups in total. The molecular formula is C24H21N3O3. The lowest BCUT2D eigenvalue weighted by atomic mass is 10.1. The molecule has 150 valence electrons. The van der Waals surface area contributed by atoms with Gasteiger partial charge in [-0.15, -0.1) is 0 Å². The van der Waals surface area contributed by atoms with E-state index < -0.39 is 0 Å². The molecule has 2 heterocycles. The number of amides is 1. The summed E-state index contributed by atoms with van der Waals surface area (Å²) >= 11 is 0. The van der Waals surface area contributed by atoms with E-state index >= 15 is 0 Å². The zero-order chi connectivity index (χ0) is 21.1. The van der Waals surface area contributed by atoms with Crippen molar-refractivity contribution >= 4 is 23.2 Å². The summed E-state index contributed by atoms with van der Waals surface area (Å²) in [5.41, 5.74) is 4.33. The molecule has 0 aliphatic carbocycles. The van der Waals surface area contributed by atoms with Crippen LogP contribution in [0.15, 0.2) is 72.9 Å². The molecule has 2 aromatic heterocycles. The van der Waals surface area contributed by atoms with E-state index in [1.807, 2.05) is 54.8 Å². The fourth-order valence-corrected chi connectivity index (χ4v) is 3.35. The molecule has 1 amide bonds. The molecule has 0 spiro atoms. The molecule has 6 nitrogen and oxygen atoms in total. The van der Waals surface area contributed by atoms with Gasteiger partial charge >= 0.3 is 5.97 Å². The number of aromatic nitrogens is 2. The van der Waals surface area contributed by atoms with Crippen LogP contribution in [0.4, 0.5) is 5.69 Å². The van der Waals surface area contributed by atoms with Crippen molar-refractivity contribution in [2.45, 2.75) is 20.3 Å². The number of ether oxygens (including phenoxy) is 1. The first kappa shape index (κ1) is 19.4. The summed E-state index contributed by atoms with van der Waals surface area (Å²) in [6, 6.07) is 19.8. The Morgan fingerprint density at radius 2 is 1.80 bits per heavy atom. The Labute approximate surface area is 174 Å². The number of nitrogens with one attached hydrogen (secondary N) is 1. The molecule has 6 heteroatoms. The van der Waals surface area contributed by atoms with Crippen LogP contribution in [0.3, 0.4) is 0 Å². The zero-order valence-electron chi connectivity index (χ0n) is 16.8. The Hall–Kier alpha value is -3.93. The van der Waals surface area contributed by atoms with E-state index in [0.29, 0.717) is 22.6 Å². The molecule has 2 aromatic carbocycles. The van der Waals surface area contributed by atoms with E-state index in [1.165, 1.54) is 0 Å². The largest absolute Gasteiger partial charge is 0.426 e. The van der Waals surface area contributed by atoms with Crippen molar-refractivity contribution in [3.63, 3.8) is 0 Å². The number of rotatable bonds is 5. The maximum Gasteiger partial charge on any atom is 0.315 e. The zero-order valence-corrected chi connectivity index (χ0v) is 16.8. The van der Waals surface area contributed by atoms with Gasteiger partial charge in [0.1, 0.15) is 11.4 Å². The van der Waals surface area contributed by atoms with E-state index in [0.717, 1.165) is 17.0 Å². The molecule has 0 aliphatic heterocycles. The first-order valence-electron chi connectivity index (χ1n) is 9.61. The highest BCUT2D eigenvalue weighted by Crippen LogP contribution is 2.18. The van der Waals surface area contributed by atoms with E-state index in [2.05, 4.69) is 10.3 Å². The van der Waals surface area contributed by atoms with Gasteiger partial charge in [0, 0.05) is 23.3 Å². The highest BCUT2D eigenvalue weighted by atomic mass is 16.5. The number of benzene rings is 2. The van der Waals surface area contributed by atoms with Crippen molar-refractivity contribution in [3.05, 3.63) is 95.4 Å². The summed E-state index contributed by atoms with van der Waals surface area (Å²) in [5, 5.41) is 2.89. The SMILES string of the molecule is Cc1cc(C)n2ccc(C(=O)Nc3cccc(CC(=O)Oc4ccccc4)c3)c2n1. The third kappa shape index (κ3) is 4.22. The summed E-state index contributed by atoms with van der Waals surface area (Å²) in [7, 11) is 0. The second-order valence-electron chi connectivity index (χ2n) is 7.08. The van der Waals surface area contributed by atoms with Crippen molar-refractivity contribution in [1.29, 1.82) is 0 Å².